The van der Waals surface area contributed by atoms with Gasteiger partial charge in [0.05, 0.1) is 0 Å². The SMILES string of the molecule is C=C[C-]=O.OC(C1[CH-]CCCC1)(C(F)(F)F)C(F)(F)F.[U+2]. The molecule has 21 heavy (non-hydrogen) atoms. The molecule has 120 valence electrons. The van der Waals surface area contributed by atoms with Gasteiger partial charge in [0.1, 0.15) is 0 Å². The van der Waals surface area contributed by atoms with E-state index in [1.165, 1.54) is 6.29 Å². The van der Waals surface area contributed by atoms with E-state index in [0.717, 1.165) is 12.5 Å². The number of hydrogen-bond donors (Lipinski definition) is 1. The van der Waals surface area contributed by atoms with Crippen LogP contribution in [0.4, 0.5) is 26.3 Å². The van der Waals surface area contributed by atoms with Crippen LogP contribution in [-0.2, 0) is 4.79 Å². The zero-order valence-electron chi connectivity index (χ0n) is 10.9. The first kappa shape index (κ1) is 23.3. The van der Waals surface area contributed by atoms with Crippen molar-refractivity contribution in [2.24, 2.45) is 5.92 Å². The summed E-state index contributed by atoms with van der Waals surface area (Å²) in [7, 11) is 0. The van der Waals surface area contributed by atoms with Crippen molar-refractivity contribution in [2.45, 2.75) is 43.6 Å². The van der Waals surface area contributed by atoms with Gasteiger partial charge in [-0.2, -0.15) is 32.8 Å². The van der Waals surface area contributed by atoms with E-state index in [2.05, 4.69) is 6.58 Å². The molecule has 1 atom stereocenters. The van der Waals surface area contributed by atoms with Crippen LogP contribution in [0.1, 0.15) is 25.7 Å². The summed E-state index contributed by atoms with van der Waals surface area (Å²) in [5.74, 6) is -1.90. The maximum atomic E-state index is 12.4. The van der Waals surface area contributed by atoms with Gasteiger partial charge in [-0.3, -0.25) is 0 Å². The summed E-state index contributed by atoms with van der Waals surface area (Å²) in [6.45, 7) is 3.06. The number of rotatable bonds is 2. The van der Waals surface area contributed by atoms with Crippen LogP contribution in [0.2, 0.25) is 0 Å². The summed E-state index contributed by atoms with van der Waals surface area (Å²) >= 11 is 0. The van der Waals surface area contributed by atoms with Crippen molar-refractivity contribution >= 4 is 6.29 Å². The van der Waals surface area contributed by atoms with Crippen LogP contribution >= 0.6 is 0 Å². The summed E-state index contributed by atoms with van der Waals surface area (Å²) < 4.78 is 74.4. The fraction of sp³-hybridized carbons (Fsp3) is 0.667. The smallest absolute Gasteiger partial charge is 0.419 e. The molecule has 0 amide bonds. The number of carbonyl (C=O) groups excluding carboxylic acids is 1. The molecule has 0 aromatic rings. The molecule has 9 heteroatoms. The van der Waals surface area contributed by atoms with Crippen LogP contribution in [-0.4, -0.2) is 29.3 Å². The van der Waals surface area contributed by atoms with Gasteiger partial charge >= 0.3 is 43.5 Å². The number of allylic oxidation sites excluding steroid dienone is 1. The molecule has 1 unspecified atom stereocenters. The second-order valence-electron chi connectivity index (χ2n) is 4.21. The summed E-state index contributed by atoms with van der Waals surface area (Å²) in [6, 6.07) is 0. The molecule has 1 aliphatic rings. The third kappa shape index (κ3) is 5.95. The van der Waals surface area contributed by atoms with Gasteiger partial charge in [-0.1, -0.05) is 19.3 Å². The van der Waals surface area contributed by atoms with Gasteiger partial charge in [-0.15, -0.1) is 5.92 Å². The molecule has 1 aliphatic carbocycles. The van der Waals surface area contributed by atoms with E-state index in [1.807, 2.05) is 0 Å². The van der Waals surface area contributed by atoms with Gasteiger partial charge in [0.15, 0.2) is 0 Å². The van der Waals surface area contributed by atoms with Crippen LogP contribution < -0.4 is 0 Å². The van der Waals surface area contributed by atoms with E-state index in [0.29, 0.717) is 6.42 Å². The maximum absolute atomic E-state index is 12.4. The number of halogens is 6. The molecule has 1 rings (SSSR count). The van der Waals surface area contributed by atoms with Gasteiger partial charge in [-0.25, -0.2) is 12.7 Å². The van der Waals surface area contributed by atoms with Crippen LogP contribution in [0, 0.1) is 43.5 Å². The molecular formula is C12H14F6O2U. The van der Waals surface area contributed by atoms with Crippen molar-refractivity contribution in [3.05, 3.63) is 19.1 Å². The third-order valence-electron chi connectivity index (χ3n) is 2.90. The second kappa shape index (κ2) is 9.21. The molecule has 0 aliphatic heterocycles. The molecular weight excluding hydrogens is 528 g/mol. The quantitative estimate of drug-likeness (QED) is 0.330. The Morgan fingerprint density at radius 3 is 1.81 bits per heavy atom. The van der Waals surface area contributed by atoms with Gasteiger partial charge in [-0.05, 0) is 6.29 Å². The van der Waals surface area contributed by atoms with E-state index >= 15 is 0 Å². The Bertz CT molecular complexity index is 301. The van der Waals surface area contributed by atoms with Crippen LogP contribution in [0.25, 0.3) is 0 Å². The minimum absolute atomic E-state index is 0. The first-order chi connectivity index (χ1) is 9.02. The molecule has 0 bridgehead atoms. The van der Waals surface area contributed by atoms with Crippen molar-refractivity contribution in [1.29, 1.82) is 0 Å². The Hall–Kier alpha value is 0.00195. The molecule has 0 heterocycles. The maximum Gasteiger partial charge on any atom is 2.00 e. The van der Waals surface area contributed by atoms with Gasteiger partial charge < -0.3 is 16.3 Å². The molecule has 0 saturated heterocycles. The summed E-state index contributed by atoms with van der Waals surface area (Å²) in [5.41, 5.74) is -4.61. The molecule has 0 aromatic heterocycles. The van der Waals surface area contributed by atoms with Crippen LogP contribution in [0.15, 0.2) is 12.7 Å². The Morgan fingerprint density at radius 1 is 1.14 bits per heavy atom. The Balaban J connectivity index is 0. The second-order valence-corrected chi connectivity index (χ2v) is 4.21. The zero-order valence-corrected chi connectivity index (χ0v) is 15.1. The predicted molar refractivity (Wildman–Crippen MR) is 59.2 cm³/mol. The Morgan fingerprint density at radius 2 is 1.57 bits per heavy atom. The molecule has 1 fully saturated rings. The van der Waals surface area contributed by atoms with E-state index in [-0.39, 0.29) is 50.4 Å². The fourth-order valence-corrected chi connectivity index (χ4v) is 1.91. The van der Waals surface area contributed by atoms with E-state index < -0.39 is 23.9 Å². The van der Waals surface area contributed by atoms with Gasteiger partial charge in [0.25, 0.3) is 0 Å². The van der Waals surface area contributed by atoms with Gasteiger partial charge in [0.2, 0.25) is 5.60 Å². The first-order valence-electron chi connectivity index (χ1n) is 5.70. The minimum Gasteiger partial charge on any atom is -0.419 e. The summed E-state index contributed by atoms with van der Waals surface area (Å²) in [6.07, 6.45) is -7.29. The van der Waals surface area contributed by atoms with Crippen LogP contribution in [0.3, 0.4) is 0 Å². The van der Waals surface area contributed by atoms with E-state index in [1.54, 1.807) is 0 Å². The van der Waals surface area contributed by atoms with Crippen molar-refractivity contribution in [2.75, 3.05) is 0 Å². The predicted octanol–water partition coefficient (Wildman–Crippen LogP) is 3.52. The summed E-state index contributed by atoms with van der Waals surface area (Å²) in [4.78, 5) is 8.93. The number of aliphatic hydroxyl groups is 1. The molecule has 2 nitrogen and oxygen atoms in total. The number of alkyl halides is 6. The average molecular weight is 542 g/mol. The van der Waals surface area contributed by atoms with E-state index in [4.69, 9.17) is 9.90 Å². The fourth-order valence-electron chi connectivity index (χ4n) is 1.91. The molecule has 0 radical (unpaired) electrons. The molecule has 1 saturated carbocycles. The van der Waals surface area contributed by atoms with Crippen molar-refractivity contribution in [3.8, 4) is 0 Å². The standard InChI is InChI=1S/C9H11F6O.C3H3O.U/c10-8(11,12)7(16,9(13,14)15)6-4-2-1-3-5-6;1-2-3-4;/h4,6,16H,1-3,5H2;2H,1H2;/q2*-1;+2. The third-order valence-corrected chi connectivity index (χ3v) is 2.90. The monoisotopic (exact) mass is 542 g/mol. The minimum atomic E-state index is -5.70. The largest absolute Gasteiger partial charge is 2.00 e. The normalized spacial score (nSPS) is 19.7. The Kier molecular flexibility index (Phi) is 10.2. The Labute approximate surface area is 142 Å². The molecule has 0 aromatic carbocycles. The topological polar surface area (TPSA) is 37.3 Å². The molecule has 0 spiro atoms. The van der Waals surface area contributed by atoms with Crippen molar-refractivity contribution < 1.29 is 67.4 Å². The van der Waals surface area contributed by atoms with E-state index in [9.17, 15) is 26.3 Å². The molecule has 1 N–H and O–H groups in total. The van der Waals surface area contributed by atoms with Crippen molar-refractivity contribution in [3.63, 3.8) is 0 Å². The van der Waals surface area contributed by atoms with Crippen molar-refractivity contribution in [1.82, 2.24) is 0 Å². The first-order valence-corrected chi connectivity index (χ1v) is 5.70. The number of hydrogen-bond acceptors (Lipinski definition) is 2. The van der Waals surface area contributed by atoms with Crippen LogP contribution in [0.5, 0.6) is 0 Å². The average Bonchev–Trinajstić information content (AvgIpc) is 2.36. The summed E-state index contributed by atoms with van der Waals surface area (Å²) in [5, 5.41) is 9.03. The van der Waals surface area contributed by atoms with Gasteiger partial charge in [0, 0.05) is 0 Å². The zero-order chi connectivity index (χ0) is 16.0.